The van der Waals surface area contributed by atoms with Crippen molar-refractivity contribution in [3.8, 4) is 0 Å². The number of aliphatic hydroxyl groups is 1. The van der Waals surface area contributed by atoms with Gasteiger partial charge in [-0.1, -0.05) is 29.8 Å². The standard InChI is InChI=1S/C13H18BrFO2/c1-9(2)13(16,8-17-3)7-10-6-11(14)4-5-12(10)15/h4-6,9,16H,7-8H2,1-3H3. The van der Waals surface area contributed by atoms with Crippen LogP contribution in [-0.4, -0.2) is 24.4 Å². The highest BCUT2D eigenvalue weighted by Crippen LogP contribution is 2.26. The molecule has 0 amide bonds. The Morgan fingerprint density at radius 3 is 2.65 bits per heavy atom. The Hall–Kier alpha value is -0.450. The summed E-state index contributed by atoms with van der Waals surface area (Å²) in [5, 5.41) is 10.5. The lowest BCUT2D eigenvalue weighted by Gasteiger charge is -2.31. The maximum absolute atomic E-state index is 13.6. The van der Waals surface area contributed by atoms with Crippen LogP contribution >= 0.6 is 15.9 Å². The predicted molar refractivity (Wildman–Crippen MR) is 69.5 cm³/mol. The molecule has 0 saturated carbocycles. The minimum Gasteiger partial charge on any atom is -0.387 e. The van der Waals surface area contributed by atoms with Gasteiger partial charge >= 0.3 is 0 Å². The summed E-state index contributed by atoms with van der Waals surface area (Å²) in [4.78, 5) is 0. The number of hydrogen-bond acceptors (Lipinski definition) is 2. The molecule has 1 aromatic carbocycles. The van der Waals surface area contributed by atoms with Crippen LogP contribution in [0.3, 0.4) is 0 Å². The Labute approximate surface area is 110 Å². The highest BCUT2D eigenvalue weighted by Gasteiger charge is 2.32. The fourth-order valence-electron chi connectivity index (χ4n) is 1.68. The molecular weight excluding hydrogens is 287 g/mol. The normalized spacial score (nSPS) is 15.0. The summed E-state index contributed by atoms with van der Waals surface area (Å²) in [6, 6.07) is 4.73. The first kappa shape index (κ1) is 14.6. The smallest absolute Gasteiger partial charge is 0.126 e. The summed E-state index contributed by atoms with van der Waals surface area (Å²) >= 11 is 3.30. The molecule has 0 aliphatic carbocycles. The fraction of sp³-hybridized carbons (Fsp3) is 0.538. The molecule has 0 heterocycles. The quantitative estimate of drug-likeness (QED) is 0.905. The Kier molecular flexibility index (Phi) is 5.10. The molecule has 0 aliphatic heterocycles. The van der Waals surface area contributed by atoms with Crippen LogP contribution in [0.25, 0.3) is 0 Å². The highest BCUT2D eigenvalue weighted by molar-refractivity contribution is 9.10. The molecule has 1 rings (SSSR count). The highest BCUT2D eigenvalue weighted by atomic mass is 79.9. The lowest BCUT2D eigenvalue weighted by Crippen LogP contribution is -2.42. The maximum atomic E-state index is 13.6. The van der Waals surface area contributed by atoms with Crippen molar-refractivity contribution in [2.75, 3.05) is 13.7 Å². The summed E-state index contributed by atoms with van der Waals surface area (Å²) in [6.45, 7) is 3.99. The molecule has 96 valence electrons. The van der Waals surface area contributed by atoms with Crippen molar-refractivity contribution in [1.82, 2.24) is 0 Å². The molecule has 1 unspecified atom stereocenters. The van der Waals surface area contributed by atoms with E-state index >= 15 is 0 Å². The van der Waals surface area contributed by atoms with Crippen LogP contribution in [0, 0.1) is 11.7 Å². The third kappa shape index (κ3) is 3.76. The summed E-state index contributed by atoms with van der Waals surface area (Å²) in [5.41, 5.74) is -0.552. The molecular formula is C13H18BrFO2. The average molecular weight is 305 g/mol. The molecule has 1 aromatic rings. The molecule has 1 N–H and O–H groups in total. The Bertz CT molecular complexity index is 382. The van der Waals surface area contributed by atoms with E-state index in [1.54, 1.807) is 12.1 Å². The van der Waals surface area contributed by atoms with Crippen molar-refractivity contribution < 1.29 is 14.2 Å². The van der Waals surface area contributed by atoms with E-state index < -0.39 is 5.60 Å². The first-order valence-electron chi connectivity index (χ1n) is 5.54. The van der Waals surface area contributed by atoms with Crippen molar-refractivity contribution in [3.05, 3.63) is 34.1 Å². The average Bonchev–Trinajstić information content (AvgIpc) is 2.23. The molecule has 2 nitrogen and oxygen atoms in total. The van der Waals surface area contributed by atoms with E-state index in [-0.39, 0.29) is 24.8 Å². The summed E-state index contributed by atoms with van der Waals surface area (Å²) in [7, 11) is 1.53. The Balaban J connectivity index is 2.97. The first-order chi connectivity index (χ1) is 7.89. The van der Waals surface area contributed by atoms with Crippen LogP contribution in [0.2, 0.25) is 0 Å². The largest absolute Gasteiger partial charge is 0.387 e. The van der Waals surface area contributed by atoms with E-state index in [0.717, 1.165) is 4.47 Å². The fourth-order valence-corrected chi connectivity index (χ4v) is 2.09. The van der Waals surface area contributed by atoms with Gasteiger partial charge in [-0.3, -0.25) is 0 Å². The summed E-state index contributed by atoms with van der Waals surface area (Å²) in [6.07, 6.45) is 0.240. The van der Waals surface area contributed by atoms with Gasteiger partial charge in [0, 0.05) is 18.0 Å². The van der Waals surface area contributed by atoms with Crippen LogP contribution in [-0.2, 0) is 11.2 Å². The van der Waals surface area contributed by atoms with Crippen LogP contribution in [0.5, 0.6) is 0 Å². The van der Waals surface area contributed by atoms with E-state index in [0.29, 0.717) is 5.56 Å². The van der Waals surface area contributed by atoms with E-state index in [2.05, 4.69) is 15.9 Å². The van der Waals surface area contributed by atoms with Gasteiger partial charge in [0.05, 0.1) is 12.2 Å². The summed E-state index contributed by atoms with van der Waals surface area (Å²) in [5.74, 6) is -0.316. The van der Waals surface area contributed by atoms with E-state index in [9.17, 15) is 9.50 Å². The molecule has 0 bridgehead atoms. The van der Waals surface area contributed by atoms with Crippen molar-refractivity contribution in [1.29, 1.82) is 0 Å². The van der Waals surface area contributed by atoms with Gasteiger partial charge in [0.25, 0.3) is 0 Å². The van der Waals surface area contributed by atoms with Gasteiger partial charge in [-0.05, 0) is 29.7 Å². The van der Waals surface area contributed by atoms with Gasteiger partial charge in [0.15, 0.2) is 0 Å². The van der Waals surface area contributed by atoms with Crippen LogP contribution in [0.15, 0.2) is 22.7 Å². The molecule has 0 spiro atoms. The van der Waals surface area contributed by atoms with Crippen LogP contribution in [0.4, 0.5) is 4.39 Å². The zero-order valence-corrected chi connectivity index (χ0v) is 11.9. The molecule has 0 radical (unpaired) electrons. The van der Waals surface area contributed by atoms with E-state index in [1.807, 2.05) is 13.8 Å². The predicted octanol–water partition coefficient (Wildman–Crippen LogP) is 3.16. The second kappa shape index (κ2) is 5.94. The monoisotopic (exact) mass is 304 g/mol. The second-order valence-corrected chi connectivity index (χ2v) is 5.52. The zero-order valence-electron chi connectivity index (χ0n) is 10.3. The Morgan fingerprint density at radius 2 is 2.12 bits per heavy atom. The van der Waals surface area contributed by atoms with Crippen molar-refractivity contribution >= 4 is 15.9 Å². The van der Waals surface area contributed by atoms with Crippen LogP contribution < -0.4 is 0 Å². The van der Waals surface area contributed by atoms with Gasteiger partial charge < -0.3 is 9.84 Å². The molecule has 1 atom stereocenters. The van der Waals surface area contributed by atoms with Crippen molar-refractivity contribution in [3.63, 3.8) is 0 Å². The van der Waals surface area contributed by atoms with Gasteiger partial charge in [-0.25, -0.2) is 4.39 Å². The second-order valence-electron chi connectivity index (χ2n) is 4.60. The third-order valence-corrected chi connectivity index (χ3v) is 3.47. The van der Waals surface area contributed by atoms with E-state index in [4.69, 9.17) is 4.74 Å². The Morgan fingerprint density at radius 1 is 1.47 bits per heavy atom. The van der Waals surface area contributed by atoms with Gasteiger partial charge in [-0.15, -0.1) is 0 Å². The van der Waals surface area contributed by atoms with Gasteiger partial charge in [-0.2, -0.15) is 0 Å². The lowest BCUT2D eigenvalue weighted by atomic mass is 9.85. The summed E-state index contributed by atoms with van der Waals surface area (Å²) < 4.78 is 19.5. The van der Waals surface area contributed by atoms with Crippen molar-refractivity contribution in [2.45, 2.75) is 25.9 Å². The number of ether oxygens (including phenoxy) is 1. The SMILES string of the molecule is COCC(O)(Cc1cc(Br)ccc1F)C(C)C. The molecule has 0 saturated heterocycles. The van der Waals surface area contributed by atoms with Crippen LogP contribution in [0.1, 0.15) is 19.4 Å². The topological polar surface area (TPSA) is 29.5 Å². The molecule has 0 aromatic heterocycles. The third-order valence-electron chi connectivity index (χ3n) is 2.97. The molecule has 0 fully saturated rings. The number of halogens is 2. The van der Waals surface area contributed by atoms with Gasteiger partial charge in [0.2, 0.25) is 0 Å². The molecule has 4 heteroatoms. The number of hydrogen-bond donors (Lipinski definition) is 1. The van der Waals surface area contributed by atoms with Gasteiger partial charge in [0.1, 0.15) is 5.82 Å². The minimum absolute atomic E-state index is 0.0131. The maximum Gasteiger partial charge on any atom is 0.126 e. The number of benzene rings is 1. The van der Waals surface area contributed by atoms with E-state index in [1.165, 1.54) is 13.2 Å². The van der Waals surface area contributed by atoms with Crippen molar-refractivity contribution in [2.24, 2.45) is 5.92 Å². The number of rotatable bonds is 5. The zero-order chi connectivity index (χ0) is 13.1. The molecule has 0 aliphatic rings. The number of methoxy groups -OCH3 is 1. The minimum atomic E-state index is -1.05. The first-order valence-corrected chi connectivity index (χ1v) is 6.33. The lowest BCUT2D eigenvalue weighted by molar-refractivity contribution is -0.0641. The molecule has 17 heavy (non-hydrogen) atoms.